The van der Waals surface area contributed by atoms with Crippen LogP contribution in [0.15, 0.2) is 12.3 Å². The predicted octanol–water partition coefficient (Wildman–Crippen LogP) is -0.0602. The lowest BCUT2D eigenvalue weighted by Gasteiger charge is -1.98. The first-order chi connectivity index (χ1) is 4.27. The molecule has 0 aliphatic rings. The summed E-state index contributed by atoms with van der Waals surface area (Å²) in [4.78, 5) is 0. The first kappa shape index (κ1) is 8.46. The fraction of sp³-hybridized carbons (Fsp3) is 0.667. The molecule has 3 nitrogen and oxygen atoms in total. The molecule has 0 aromatic rings. The number of rotatable bonds is 4. The molecule has 0 fully saturated rings. The maximum Gasteiger partial charge on any atom is 0.151 e. The van der Waals surface area contributed by atoms with Crippen molar-refractivity contribution in [2.24, 2.45) is 5.73 Å². The first-order valence-corrected chi connectivity index (χ1v) is 3.00. The molecule has 0 saturated heterocycles. The Bertz CT molecular complexity index is 81.1. The Labute approximate surface area is 54.8 Å². The second kappa shape index (κ2) is 5.59. The summed E-state index contributed by atoms with van der Waals surface area (Å²) in [5, 5.41) is 16.7. The minimum atomic E-state index is -1.17. The van der Waals surface area contributed by atoms with Crippen molar-refractivity contribution in [1.29, 1.82) is 0 Å². The van der Waals surface area contributed by atoms with E-state index in [0.29, 0.717) is 6.42 Å². The van der Waals surface area contributed by atoms with E-state index in [-0.39, 0.29) is 0 Å². The largest absolute Gasteiger partial charge is 0.405 e. The first-order valence-electron chi connectivity index (χ1n) is 3.00. The van der Waals surface area contributed by atoms with E-state index in [2.05, 4.69) is 0 Å². The molecule has 0 amide bonds. The molecule has 0 aliphatic carbocycles. The normalized spacial score (nSPS) is 11.4. The summed E-state index contributed by atoms with van der Waals surface area (Å²) in [6.07, 6.45) is 4.09. The van der Waals surface area contributed by atoms with Gasteiger partial charge < -0.3 is 15.9 Å². The fourth-order valence-corrected chi connectivity index (χ4v) is 0.515. The molecule has 0 atom stereocenters. The molecule has 9 heavy (non-hydrogen) atoms. The zero-order valence-electron chi connectivity index (χ0n) is 5.33. The van der Waals surface area contributed by atoms with Crippen LogP contribution >= 0.6 is 0 Å². The highest BCUT2D eigenvalue weighted by Crippen LogP contribution is 1.97. The van der Waals surface area contributed by atoms with Gasteiger partial charge in [0, 0.05) is 0 Å². The van der Waals surface area contributed by atoms with Crippen LogP contribution in [-0.2, 0) is 0 Å². The van der Waals surface area contributed by atoms with Crippen molar-refractivity contribution >= 4 is 0 Å². The van der Waals surface area contributed by atoms with Crippen LogP contribution < -0.4 is 5.73 Å². The molecule has 0 unspecified atom stereocenters. The van der Waals surface area contributed by atoms with Crippen molar-refractivity contribution in [2.45, 2.75) is 25.6 Å². The van der Waals surface area contributed by atoms with Gasteiger partial charge in [-0.25, -0.2) is 0 Å². The van der Waals surface area contributed by atoms with Gasteiger partial charge in [0.05, 0.1) is 0 Å². The smallest absolute Gasteiger partial charge is 0.151 e. The highest BCUT2D eigenvalue weighted by Gasteiger charge is 1.93. The minimum Gasteiger partial charge on any atom is -0.405 e. The number of allylic oxidation sites excluding steroid dienone is 1. The third-order valence-corrected chi connectivity index (χ3v) is 0.969. The maximum absolute atomic E-state index is 8.35. The molecule has 3 heteroatoms. The Kier molecular flexibility index (Phi) is 5.26. The third kappa shape index (κ3) is 7.46. The van der Waals surface area contributed by atoms with Gasteiger partial charge in [0.1, 0.15) is 0 Å². The van der Waals surface area contributed by atoms with Gasteiger partial charge >= 0.3 is 0 Å². The maximum atomic E-state index is 8.35. The summed E-state index contributed by atoms with van der Waals surface area (Å²) in [6.45, 7) is 0. The van der Waals surface area contributed by atoms with Crippen LogP contribution in [0.1, 0.15) is 19.3 Å². The van der Waals surface area contributed by atoms with Gasteiger partial charge in [0.15, 0.2) is 6.29 Å². The van der Waals surface area contributed by atoms with E-state index in [1.54, 1.807) is 6.08 Å². The predicted molar refractivity (Wildman–Crippen MR) is 35.4 cm³/mol. The Balaban J connectivity index is 2.91. The van der Waals surface area contributed by atoms with Crippen molar-refractivity contribution in [1.82, 2.24) is 0 Å². The van der Waals surface area contributed by atoms with Gasteiger partial charge in [-0.3, -0.25) is 0 Å². The van der Waals surface area contributed by atoms with E-state index in [9.17, 15) is 0 Å². The Morgan fingerprint density at radius 2 is 2.11 bits per heavy atom. The van der Waals surface area contributed by atoms with Gasteiger partial charge in [-0.05, 0) is 25.5 Å². The number of nitrogens with two attached hydrogens (primary N) is 1. The molecular formula is C6H13NO2. The fourth-order valence-electron chi connectivity index (χ4n) is 0.515. The summed E-state index contributed by atoms with van der Waals surface area (Å²) >= 11 is 0. The number of hydrogen-bond acceptors (Lipinski definition) is 3. The van der Waals surface area contributed by atoms with Crippen molar-refractivity contribution < 1.29 is 10.2 Å². The van der Waals surface area contributed by atoms with Crippen molar-refractivity contribution in [3.05, 3.63) is 12.3 Å². The number of aliphatic hydroxyl groups is 2. The van der Waals surface area contributed by atoms with E-state index in [4.69, 9.17) is 15.9 Å². The number of unbranched alkanes of at least 4 members (excludes halogenated alkanes) is 1. The molecule has 54 valence electrons. The summed E-state index contributed by atoms with van der Waals surface area (Å²) in [7, 11) is 0. The molecule has 0 radical (unpaired) electrons. The molecule has 0 aromatic heterocycles. The second-order valence-electron chi connectivity index (χ2n) is 1.84. The van der Waals surface area contributed by atoms with E-state index in [1.807, 2.05) is 0 Å². The van der Waals surface area contributed by atoms with E-state index >= 15 is 0 Å². The third-order valence-electron chi connectivity index (χ3n) is 0.969. The number of aliphatic hydroxyl groups excluding tert-OH is 1. The lowest BCUT2D eigenvalue weighted by atomic mass is 10.2. The monoisotopic (exact) mass is 131 g/mol. The summed E-state index contributed by atoms with van der Waals surface area (Å²) in [5.74, 6) is 0. The Morgan fingerprint density at radius 3 is 2.56 bits per heavy atom. The van der Waals surface area contributed by atoms with Crippen LogP contribution in [0.4, 0.5) is 0 Å². The van der Waals surface area contributed by atoms with E-state index in [1.165, 1.54) is 6.20 Å². The molecule has 0 heterocycles. The van der Waals surface area contributed by atoms with Crippen LogP contribution in [0, 0.1) is 0 Å². The zero-order chi connectivity index (χ0) is 7.11. The SMILES string of the molecule is N/C=C/CCCC(O)O. The zero-order valence-corrected chi connectivity index (χ0v) is 5.33. The van der Waals surface area contributed by atoms with Gasteiger partial charge in [0.2, 0.25) is 0 Å². The van der Waals surface area contributed by atoms with Crippen molar-refractivity contribution in [3.8, 4) is 0 Å². The summed E-state index contributed by atoms with van der Waals surface area (Å²) in [6, 6.07) is 0. The highest BCUT2D eigenvalue weighted by molar-refractivity contribution is 4.74. The van der Waals surface area contributed by atoms with Crippen LogP contribution in [0.2, 0.25) is 0 Å². The molecule has 0 saturated carbocycles. The van der Waals surface area contributed by atoms with Gasteiger partial charge in [-0.2, -0.15) is 0 Å². The van der Waals surface area contributed by atoms with Gasteiger partial charge in [-0.1, -0.05) is 6.08 Å². The average Bonchev–Trinajstić information content (AvgIpc) is 1.80. The van der Waals surface area contributed by atoms with Crippen LogP contribution in [0.3, 0.4) is 0 Å². The average molecular weight is 131 g/mol. The van der Waals surface area contributed by atoms with Crippen LogP contribution in [-0.4, -0.2) is 16.5 Å². The molecule has 0 aliphatic heterocycles. The lowest BCUT2D eigenvalue weighted by molar-refractivity contribution is -0.0460. The standard InChI is InChI=1S/C6H13NO2/c7-5-3-1-2-4-6(8)9/h3,5-6,8-9H,1-2,4,7H2/b5-3+. The number of hydrogen-bond donors (Lipinski definition) is 3. The molecule has 0 aromatic carbocycles. The van der Waals surface area contributed by atoms with Crippen molar-refractivity contribution in [2.75, 3.05) is 0 Å². The molecule has 4 N–H and O–H groups in total. The molecule has 0 spiro atoms. The molecule has 0 bridgehead atoms. The topological polar surface area (TPSA) is 66.5 Å². The van der Waals surface area contributed by atoms with Crippen molar-refractivity contribution in [3.63, 3.8) is 0 Å². The molecular weight excluding hydrogens is 118 g/mol. The second-order valence-corrected chi connectivity index (χ2v) is 1.84. The highest BCUT2D eigenvalue weighted by atomic mass is 16.5. The van der Waals surface area contributed by atoms with Crippen LogP contribution in [0.25, 0.3) is 0 Å². The summed E-state index contributed by atoms with van der Waals surface area (Å²) < 4.78 is 0. The Morgan fingerprint density at radius 1 is 1.44 bits per heavy atom. The van der Waals surface area contributed by atoms with Gasteiger partial charge in [-0.15, -0.1) is 0 Å². The van der Waals surface area contributed by atoms with Gasteiger partial charge in [0.25, 0.3) is 0 Å². The van der Waals surface area contributed by atoms with E-state index < -0.39 is 6.29 Å². The van der Waals surface area contributed by atoms with Crippen LogP contribution in [0.5, 0.6) is 0 Å². The lowest BCUT2D eigenvalue weighted by Crippen LogP contribution is -2.02. The van der Waals surface area contributed by atoms with E-state index in [0.717, 1.165) is 12.8 Å². The minimum absolute atomic E-state index is 0.421. The Hall–Kier alpha value is -0.540. The summed E-state index contributed by atoms with van der Waals surface area (Å²) in [5.41, 5.74) is 5.04. The molecule has 0 rings (SSSR count). The quantitative estimate of drug-likeness (QED) is 0.370.